The first-order chi connectivity index (χ1) is 23.9. The number of para-hydroxylation sites is 1. The van der Waals surface area contributed by atoms with Crippen molar-refractivity contribution < 1.29 is 14.4 Å². The first-order valence-electron chi connectivity index (χ1n) is 18.5. The van der Waals surface area contributed by atoms with E-state index in [-0.39, 0.29) is 30.3 Å². The van der Waals surface area contributed by atoms with E-state index >= 15 is 0 Å². The lowest BCUT2D eigenvalue weighted by molar-refractivity contribution is -0.143. The second kappa shape index (κ2) is 14.9. The van der Waals surface area contributed by atoms with Crippen molar-refractivity contribution in [2.75, 3.05) is 71.3 Å². The Morgan fingerprint density at radius 3 is 2.39 bits per heavy atom. The number of carbonyl (C=O) groups is 3. The highest BCUT2D eigenvalue weighted by atomic mass is 16.2. The van der Waals surface area contributed by atoms with Crippen molar-refractivity contribution in [1.82, 2.24) is 34.7 Å². The summed E-state index contributed by atoms with van der Waals surface area (Å²) in [5, 5.41) is 11.5. The normalized spacial score (nSPS) is 21.0. The van der Waals surface area contributed by atoms with Gasteiger partial charge < -0.3 is 24.9 Å². The van der Waals surface area contributed by atoms with Crippen LogP contribution in [0.25, 0.3) is 10.9 Å². The number of urea groups is 1. The topological polar surface area (TPSA) is 108 Å². The van der Waals surface area contributed by atoms with Gasteiger partial charge in [0.1, 0.15) is 0 Å². The third-order valence-corrected chi connectivity index (χ3v) is 11.6. The molecule has 11 nitrogen and oxygen atoms in total. The number of nitrogens with one attached hydrogen (secondary N) is 2. The van der Waals surface area contributed by atoms with Crippen LogP contribution in [-0.4, -0.2) is 131 Å². The number of likely N-dealkylation sites (tertiary alicyclic amines) is 2. The van der Waals surface area contributed by atoms with Crippen LogP contribution in [0, 0.1) is 5.92 Å². The molecule has 7 rings (SSSR count). The lowest BCUT2D eigenvalue weighted by Gasteiger charge is -2.43. The quantitative estimate of drug-likeness (QED) is 0.376. The molecular formula is C38H52N8O3. The number of aryl methyl sites for hydroxylation is 1. The lowest BCUT2D eigenvalue weighted by Crippen LogP contribution is -2.55. The molecule has 4 amide bonds. The van der Waals surface area contributed by atoms with E-state index in [0.29, 0.717) is 45.2 Å². The zero-order valence-electron chi connectivity index (χ0n) is 29.2. The summed E-state index contributed by atoms with van der Waals surface area (Å²) in [6.07, 6.45) is 8.09. The van der Waals surface area contributed by atoms with Crippen molar-refractivity contribution in [3.05, 3.63) is 59.3 Å². The third kappa shape index (κ3) is 7.48. The summed E-state index contributed by atoms with van der Waals surface area (Å²) >= 11 is 0. The van der Waals surface area contributed by atoms with E-state index in [1.807, 2.05) is 39.1 Å². The minimum atomic E-state index is -0.427. The summed E-state index contributed by atoms with van der Waals surface area (Å²) in [6.45, 7) is 9.46. The molecule has 4 aliphatic heterocycles. The molecule has 2 N–H and O–H groups in total. The highest BCUT2D eigenvalue weighted by Gasteiger charge is 2.35. The average Bonchev–Trinajstić information content (AvgIpc) is 3.54. The SMILES string of the molecule is CCc1cc(CC(CC(=O)N2CCC(N3CCc4ccccc4NC3=O)CC2)C(=O)N2CCN(C3CCN(C)CC3)CC2)cc2cn[nH]c12. The number of anilines is 1. The minimum absolute atomic E-state index is 0.0367. The molecular weight excluding hydrogens is 616 g/mol. The maximum absolute atomic E-state index is 14.3. The van der Waals surface area contributed by atoms with E-state index < -0.39 is 5.92 Å². The zero-order chi connectivity index (χ0) is 33.9. The van der Waals surface area contributed by atoms with Crippen LogP contribution >= 0.6 is 0 Å². The molecule has 2 aromatic carbocycles. The Hall–Kier alpha value is -3.96. The molecule has 0 bridgehead atoms. The Balaban J connectivity index is 1.01. The molecule has 11 heteroatoms. The number of piperidine rings is 2. The van der Waals surface area contributed by atoms with E-state index in [9.17, 15) is 14.4 Å². The van der Waals surface area contributed by atoms with Crippen LogP contribution in [0.3, 0.4) is 0 Å². The summed E-state index contributed by atoms with van der Waals surface area (Å²) in [7, 11) is 2.19. The highest BCUT2D eigenvalue weighted by molar-refractivity contribution is 5.91. The molecule has 262 valence electrons. The van der Waals surface area contributed by atoms with Gasteiger partial charge in [0, 0.05) is 75.4 Å². The number of hydrogen-bond acceptors (Lipinski definition) is 6. The second-order valence-electron chi connectivity index (χ2n) is 14.6. The van der Waals surface area contributed by atoms with Gasteiger partial charge in [0.15, 0.2) is 0 Å². The van der Waals surface area contributed by atoms with E-state index in [2.05, 4.69) is 57.5 Å². The van der Waals surface area contributed by atoms with Gasteiger partial charge in [-0.2, -0.15) is 5.10 Å². The number of aromatic amines is 1. The van der Waals surface area contributed by atoms with Crippen molar-refractivity contribution in [3.63, 3.8) is 0 Å². The average molecular weight is 669 g/mol. The lowest BCUT2D eigenvalue weighted by atomic mass is 9.91. The Labute approximate surface area is 290 Å². The minimum Gasteiger partial charge on any atom is -0.343 e. The van der Waals surface area contributed by atoms with Crippen LogP contribution in [0.1, 0.15) is 55.7 Å². The Morgan fingerprint density at radius 1 is 0.898 bits per heavy atom. The molecule has 1 atom stereocenters. The summed E-state index contributed by atoms with van der Waals surface area (Å²) in [5.41, 5.74) is 5.34. The van der Waals surface area contributed by atoms with E-state index in [4.69, 9.17) is 0 Å². The fourth-order valence-electron chi connectivity index (χ4n) is 8.56. The standard InChI is InChI=1S/C38H52N8O3/c1-3-28-22-27(24-31-26-39-41-36(28)31)23-30(37(48)45-20-18-43(19-21-45)32-9-13-42(2)14-10-32)25-35(47)44-15-11-33(12-16-44)46-17-8-29-6-4-5-7-34(29)40-38(46)49/h4-7,22,24,26,30,32-33H,3,8-21,23,25H2,1-2H3,(H,39,41)(H,40,49). The molecule has 49 heavy (non-hydrogen) atoms. The van der Waals surface area contributed by atoms with Crippen molar-refractivity contribution in [3.8, 4) is 0 Å². The number of aromatic nitrogens is 2. The predicted molar refractivity (Wildman–Crippen MR) is 191 cm³/mol. The van der Waals surface area contributed by atoms with Gasteiger partial charge in [0.2, 0.25) is 11.8 Å². The highest BCUT2D eigenvalue weighted by Crippen LogP contribution is 2.28. The van der Waals surface area contributed by atoms with Crippen LogP contribution in [0.5, 0.6) is 0 Å². The molecule has 3 fully saturated rings. The molecule has 3 aromatic rings. The molecule has 3 saturated heterocycles. The van der Waals surface area contributed by atoms with Gasteiger partial charge >= 0.3 is 6.03 Å². The largest absolute Gasteiger partial charge is 0.343 e. The summed E-state index contributed by atoms with van der Waals surface area (Å²) < 4.78 is 0. The van der Waals surface area contributed by atoms with E-state index in [1.54, 1.807) is 0 Å². The van der Waals surface area contributed by atoms with E-state index in [1.165, 1.54) is 18.4 Å². The molecule has 0 aliphatic carbocycles. The molecule has 4 aliphatic rings. The zero-order valence-corrected chi connectivity index (χ0v) is 29.2. The Kier molecular flexibility index (Phi) is 10.2. The van der Waals surface area contributed by atoms with Crippen molar-refractivity contribution in [2.45, 2.75) is 70.4 Å². The van der Waals surface area contributed by atoms with Gasteiger partial charge in [-0.05, 0) is 93.9 Å². The van der Waals surface area contributed by atoms with Gasteiger partial charge in [-0.3, -0.25) is 19.6 Å². The fourth-order valence-corrected chi connectivity index (χ4v) is 8.56. The molecule has 0 saturated carbocycles. The molecule has 0 spiro atoms. The van der Waals surface area contributed by atoms with Crippen LogP contribution in [0.2, 0.25) is 0 Å². The number of fused-ring (bicyclic) bond motifs is 2. The Morgan fingerprint density at radius 2 is 1.63 bits per heavy atom. The Bertz CT molecular complexity index is 1630. The third-order valence-electron chi connectivity index (χ3n) is 11.6. The van der Waals surface area contributed by atoms with Crippen LogP contribution in [-0.2, 0) is 28.9 Å². The van der Waals surface area contributed by atoms with Crippen LogP contribution < -0.4 is 5.32 Å². The van der Waals surface area contributed by atoms with Crippen LogP contribution in [0.15, 0.2) is 42.6 Å². The van der Waals surface area contributed by atoms with Crippen molar-refractivity contribution in [1.29, 1.82) is 0 Å². The predicted octanol–water partition coefficient (Wildman–Crippen LogP) is 3.99. The molecule has 1 aromatic heterocycles. The smallest absolute Gasteiger partial charge is 0.322 e. The number of hydrogen-bond donors (Lipinski definition) is 2. The molecule has 5 heterocycles. The van der Waals surface area contributed by atoms with Gasteiger partial charge in [-0.25, -0.2) is 4.79 Å². The van der Waals surface area contributed by atoms with Gasteiger partial charge in [0.05, 0.1) is 17.6 Å². The summed E-state index contributed by atoms with van der Waals surface area (Å²) in [6, 6.07) is 12.9. The first kappa shape index (κ1) is 33.5. The van der Waals surface area contributed by atoms with Crippen molar-refractivity contribution in [2.24, 2.45) is 5.92 Å². The summed E-state index contributed by atoms with van der Waals surface area (Å²) in [5.74, 6) is -0.295. The van der Waals surface area contributed by atoms with Gasteiger partial charge in [-0.15, -0.1) is 0 Å². The van der Waals surface area contributed by atoms with Gasteiger partial charge in [0.25, 0.3) is 0 Å². The maximum atomic E-state index is 14.3. The number of amides is 4. The molecule has 0 radical (unpaired) electrons. The monoisotopic (exact) mass is 668 g/mol. The number of H-pyrrole nitrogens is 1. The number of nitrogens with zero attached hydrogens (tertiary/aromatic N) is 6. The number of piperazine rings is 1. The first-order valence-corrected chi connectivity index (χ1v) is 18.5. The number of carbonyl (C=O) groups excluding carboxylic acids is 3. The molecule has 1 unspecified atom stereocenters. The second-order valence-corrected chi connectivity index (χ2v) is 14.6. The number of benzene rings is 2. The fraction of sp³-hybridized carbons (Fsp3) is 0.579. The van der Waals surface area contributed by atoms with Crippen LogP contribution in [0.4, 0.5) is 10.5 Å². The van der Waals surface area contributed by atoms with Gasteiger partial charge in [-0.1, -0.05) is 31.2 Å². The maximum Gasteiger partial charge on any atom is 0.322 e. The summed E-state index contributed by atoms with van der Waals surface area (Å²) in [4.78, 5) is 52.3. The van der Waals surface area contributed by atoms with Crippen molar-refractivity contribution >= 4 is 34.4 Å². The number of rotatable bonds is 8. The van der Waals surface area contributed by atoms with E-state index in [0.717, 1.165) is 79.6 Å².